The Labute approximate surface area is 104 Å². The zero-order valence-electron chi connectivity index (χ0n) is 9.56. The third kappa shape index (κ3) is 5.03. The number of halogens is 1. The summed E-state index contributed by atoms with van der Waals surface area (Å²) in [5.74, 6) is 0. The Kier molecular flexibility index (Phi) is 5.90. The number of methoxy groups -OCH3 is 1. The van der Waals surface area contributed by atoms with Crippen molar-refractivity contribution in [1.29, 1.82) is 0 Å². The molecule has 1 aromatic rings. The van der Waals surface area contributed by atoms with E-state index in [4.69, 9.17) is 4.74 Å². The Morgan fingerprint density at radius 1 is 1.56 bits per heavy atom. The van der Waals surface area contributed by atoms with Crippen molar-refractivity contribution in [3.8, 4) is 0 Å². The summed E-state index contributed by atoms with van der Waals surface area (Å²) in [7, 11) is 3.54. The van der Waals surface area contributed by atoms with E-state index in [9.17, 15) is 5.11 Å². The predicted molar refractivity (Wildman–Crippen MR) is 66.2 cm³/mol. The molecule has 4 nitrogen and oxygen atoms in total. The van der Waals surface area contributed by atoms with E-state index in [0.717, 1.165) is 16.6 Å². The third-order valence-electron chi connectivity index (χ3n) is 2.10. The van der Waals surface area contributed by atoms with Crippen molar-refractivity contribution in [2.45, 2.75) is 12.6 Å². The maximum Gasteiger partial charge on any atom is 0.0900 e. The molecule has 5 heteroatoms. The molecule has 1 aromatic heterocycles. The van der Waals surface area contributed by atoms with E-state index in [-0.39, 0.29) is 0 Å². The van der Waals surface area contributed by atoms with Crippen molar-refractivity contribution >= 4 is 15.9 Å². The van der Waals surface area contributed by atoms with E-state index < -0.39 is 6.10 Å². The molecule has 0 bridgehead atoms. The lowest BCUT2D eigenvalue weighted by Gasteiger charge is -2.19. The molecule has 0 saturated carbocycles. The number of pyridine rings is 1. The molecule has 0 spiro atoms. The van der Waals surface area contributed by atoms with Crippen LogP contribution in [0.5, 0.6) is 0 Å². The molecule has 0 aliphatic heterocycles. The maximum atomic E-state index is 9.56. The van der Waals surface area contributed by atoms with Gasteiger partial charge in [-0.2, -0.15) is 0 Å². The number of likely N-dealkylation sites (N-methyl/N-ethyl adjacent to an activating group) is 1. The highest BCUT2D eigenvalue weighted by Gasteiger charge is 2.08. The van der Waals surface area contributed by atoms with Gasteiger partial charge in [-0.1, -0.05) is 0 Å². The molecule has 1 heterocycles. The van der Waals surface area contributed by atoms with Crippen LogP contribution in [0.2, 0.25) is 0 Å². The summed E-state index contributed by atoms with van der Waals surface area (Å²) in [5, 5.41) is 9.56. The molecule has 0 radical (unpaired) electrons. The second kappa shape index (κ2) is 6.96. The molecular weight excluding hydrogens is 272 g/mol. The number of hydrogen-bond acceptors (Lipinski definition) is 4. The van der Waals surface area contributed by atoms with Crippen LogP contribution in [0.15, 0.2) is 22.9 Å². The minimum absolute atomic E-state index is 0.362. The van der Waals surface area contributed by atoms with Crippen LogP contribution < -0.4 is 0 Å². The smallest absolute Gasteiger partial charge is 0.0900 e. The highest BCUT2D eigenvalue weighted by Crippen LogP contribution is 2.11. The molecular formula is C11H17BrN2O2. The number of aromatic nitrogens is 1. The van der Waals surface area contributed by atoms with Crippen molar-refractivity contribution in [2.24, 2.45) is 0 Å². The Balaban J connectivity index is 2.42. The topological polar surface area (TPSA) is 45.6 Å². The van der Waals surface area contributed by atoms with Gasteiger partial charge in [0, 0.05) is 37.1 Å². The summed E-state index contributed by atoms with van der Waals surface area (Å²) in [6.45, 7) is 1.70. The SMILES string of the molecule is COCC(O)CN(C)Cc1cncc(Br)c1. The van der Waals surface area contributed by atoms with Crippen LogP contribution in [0.4, 0.5) is 0 Å². The van der Waals surface area contributed by atoms with E-state index in [1.54, 1.807) is 13.3 Å². The first kappa shape index (κ1) is 13.6. The average Bonchev–Trinajstić information content (AvgIpc) is 2.17. The average molecular weight is 289 g/mol. The van der Waals surface area contributed by atoms with Crippen molar-refractivity contribution in [3.63, 3.8) is 0 Å². The van der Waals surface area contributed by atoms with E-state index in [1.165, 1.54) is 0 Å². The standard InChI is InChI=1S/C11H17BrN2O2/c1-14(7-11(15)8-16-2)6-9-3-10(12)5-13-4-9/h3-5,11,15H,6-8H2,1-2H3. The van der Waals surface area contributed by atoms with Crippen LogP contribution in [0.3, 0.4) is 0 Å². The Bertz CT molecular complexity index is 323. The van der Waals surface area contributed by atoms with Gasteiger partial charge in [0.05, 0.1) is 12.7 Å². The van der Waals surface area contributed by atoms with Gasteiger partial charge in [0.25, 0.3) is 0 Å². The fourth-order valence-corrected chi connectivity index (χ4v) is 1.94. The van der Waals surface area contributed by atoms with Crippen molar-refractivity contribution in [2.75, 3.05) is 27.3 Å². The van der Waals surface area contributed by atoms with Crippen LogP contribution in [-0.4, -0.2) is 48.4 Å². The summed E-state index contributed by atoms with van der Waals surface area (Å²) < 4.78 is 5.85. The normalized spacial score (nSPS) is 13.1. The third-order valence-corrected chi connectivity index (χ3v) is 2.53. The van der Waals surface area contributed by atoms with Gasteiger partial charge in [-0.25, -0.2) is 0 Å². The van der Waals surface area contributed by atoms with Gasteiger partial charge in [-0.05, 0) is 34.6 Å². The predicted octanol–water partition coefficient (Wildman–Crippen LogP) is 1.28. The molecule has 1 N–H and O–H groups in total. The van der Waals surface area contributed by atoms with E-state index in [1.807, 2.05) is 24.2 Å². The van der Waals surface area contributed by atoms with Crippen molar-refractivity contribution in [3.05, 3.63) is 28.5 Å². The van der Waals surface area contributed by atoms with Gasteiger partial charge in [0.1, 0.15) is 0 Å². The summed E-state index contributed by atoms with van der Waals surface area (Å²) in [6.07, 6.45) is 3.13. The monoisotopic (exact) mass is 288 g/mol. The van der Waals surface area contributed by atoms with Gasteiger partial charge in [0.15, 0.2) is 0 Å². The summed E-state index contributed by atoms with van der Waals surface area (Å²) in [6, 6.07) is 2.02. The van der Waals surface area contributed by atoms with Crippen LogP contribution in [-0.2, 0) is 11.3 Å². The minimum Gasteiger partial charge on any atom is -0.389 e. The Morgan fingerprint density at radius 2 is 2.31 bits per heavy atom. The van der Waals surface area contributed by atoms with Gasteiger partial charge in [-0.15, -0.1) is 0 Å². The molecule has 0 amide bonds. The first-order valence-corrected chi connectivity index (χ1v) is 5.86. The quantitative estimate of drug-likeness (QED) is 0.857. The zero-order valence-corrected chi connectivity index (χ0v) is 11.1. The van der Waals surface area contributed by atoms with Crippen molar-refractivity contribution < 1.29 is 9.84 Å². The van der Waals surface area contributed by atoms with Gasteiger partial charge in [0.2, 0.25) is 0 Å². The second-order valence-corrected chi connectivity index (χ2v) is 4.73. The fourth-order valence-electron chi connectivity index (χ4n) is 1.52. The Hall–Kier alpha value is -0.490. The zero-order chi connectivity index (χ0) is 12.0. The van der Waals surface area contributed by atoms with Crippen molar-refractivity contribution in [1.82, 2.24) is 9.88 Å². The van der Waals surface area contributed by atoms with E-state index >= 15 is 0 Å². The molecule has 0 fully saturated rings. The molecule has 0 saturated heterocycles. The van der Waals surface area contributed by atoms with Gasteiger partial charge < -0.3 is 9.84 Å². The second-order valence-electron chi connectivity index (χ2n) is 3.82. The lowest BCUT2D eigenvalue weighted by molar-refractivity contribution is 0.0418. The van der Waals surface area contributed by atoms with E-state index in [2.05, 4.69) is 20.9 Å². The number of rotatable bonds is 6. The molecule has 1 rings (SSSR count). The Morgan fingerprint density at radius 3 is 2.94 bits per heavy atom. The van der Waals surface area contributed by atoms with Crippen LogP contribution in [0.1, 0.15) is 5.56 Å². The highest BCUT2D eigenvalue weighted by molar-refractivity contribution is 9.10. The highest BCUT2D eigenvalue weighted by atomic mass is 79.9. The van der Waals surface area contributed by atoms with Crippen LogP contribution in [0, 0.1) is 0 Å². The lowest BCUT2D eigenvalue weighted by atomic mass is 10.2. The lowest BCUT2D eigenvalue weighted by Crippen LogP contribution is -2.31. The van der Waals surface area contributed by atoms with Gasteiger partial charge >= 0.3 is 0 Å². The molecule has 1 unspecified atom stereocenters. The van der Waals surface area contributed by atoms with Crippen LogP contribution in [0.25, 0.3) is 0 Å². The fraction of sp³-hybridized carbons (Fsp3) is 0.545. The largest absolute Gasteiger partial charge is 0.389 e. The number of nitrogens with zero attached hydrogens (tertiary/aromatic N) is 2. The first-order valence-electron chi connectivity index (χ1n) is 5.06. The molecule has 1 atom stereocenters. The number of hydrogen-bond donors (Lipinski definition) is 1. The summed E-state index contributed by atoms with van der Waals surface area (Å²) >= 11 is 3.38. The molecule has 0 aliphatic rings. The molecule has 90 valence electrons. The van der Waals surface area contributed by atoms with Gasteiger partial charge in [-0.3, -0.25) is 9.88 Å². The summed E-state index contributed by atoms with van der Waals surface area (Å²) in [4.78, 5) is 6.13. The van der Waals surface area contributed by atoms with Crippen LogP contribution >= 0.6 is 15.9 Å². The number of aliphatic hydroxyl groups excluding tert-OH is 1. The maximum absolute atomic E-state index is 9.56. The minimum atomic E-state index is -0.449. The first-order chi connectivity index (χ1) is 7.61. The molecule has 0 aliphatic carbocycles. The molecule has 0 aromatic carbocycles. The summed E-state index contributed by atoms with van der Waals surface area (Å²) in [5.41, 5.74) is 1.11. The number of aliphatic hydroxyl groups is 1. The van der Waals surface area contributed by atoms with E-state index in [0.29, 0.717) is 13.2 Å². The number of ether oxygens (including phenoxy) is 1. The molecule has 16 heavy (non-hydrogen) atoms.